The van der Waals surface area contributed by atoms with Crippen molar-refractivity contribution < 1.29 is 4.79 Å². The first-order chi connectivity index (χ1) is 6.87. The molecule has 2 nitrogen and oxygen atoms in total. The molecular formula is C12H25NOS. The summed E-state index contributed by atoms with van der Waals surface area (Å²) in [5.74, 6) is 0.165. The van der Waals surface area contributed by atoms with Gasteiger partial charge in [-0.2, -0.15) is 11.8 Å². The van der Waals surface area contributed by atoms with Crippen molar-refractivity contribution in [3.8, 4) is 0 Å². The van der Waals surface area contributed by atoms with E-state index in [1.54, 1.807) is 7.05 Å². The Morgan fingerprint density at radius 1 is 1.27 bits per heavy atom. The molecule has 0 aromatic heterocycles. The summed E-state index contributed by atoms with van der Waals surface area (Å²) in [7, 11) is 1.72. The maximum absolute atomic E-state index is 11.9. The molecule has 0 spiro atoms. The van der Waals surface area contributed by atoms with Crippen molar-refractivity contribution in [1.29, 1.82) is 0 Å². The number of carbonyl (C=O) groups is 1. The monoisotopic (exact) mass is 231 g/mol. The molecule has 0 radical (unpaired) electrons. The summed E-state index contributed by atoms with van der Waals surface area (Å²) in [6.07, 6.45) is 5.06. The minimum Gasteiger partial charge on any atom is -0.359 e. The van der Waals surface area contributed by atoms with Gasteiger partial charge in [0.2, 0.25) is 5.91 Å². The van der Waals surface area contributed by atoms with E-state index in [9.17, 15) is 4.79 Å². The van der Waals surface area contributed by atoms with Crippen LogP contribution in [0.4, 0.5) is 0 Å². The Labute approximate surface area is 98.6 Å². The topological polar surface area (TPSA) is 29.1 Å². The molecule has 90 valence electrons. The summed E-state index contributed by atoms with van der Waals surface area (Å²) in [6, 6.07) is 0. The fourth-order valence-electron chi connectivity index (χ4n) is 1.83. The second-order valence-corrected chi connectivity index (χ2v) is 6.07. The molecule has 0 aliphatic heterocycles. The fraction of sp³-hybridized carbons (Fsp3) is 0.917. The lowest BCUT2D eigenvalue weighted by atomic mass is 9.77. The molecule has 0 aliphatic rings. The van der Waals surface area contributed by atoms with Crippen LogP contribution in [0.1, 0.15) is 47.0 Å². The summed E-state index contributed by atoms with van der Waals surface area (Å²) in [4.78, 5) is 11.9. The third-order valence-electron chi connectivity index (χ3n) is 3.56. The van der Waals surface area contributed by atoms with Crippen LogP contribution < -0.4 is 5.32 Å². The SMILES string of the molecule is CCC(C)(CC(C)(CC)C(=O)NC)SC. The molecule has 2 unspecified atom stereocenters. The molecule has 1 N–H and O–H groups in total. The van der Waals surface area contributed by atoms with E-state index >= 15 is 0 Å². The van der Waals surface area contributed by atoms with Gasteiger partial charge in [0.25, 0.3) is 0 Å². The average molecular weight is 231 g/mol. The van der Waals surface area contributed by atoms with Gasteiger partial charge in [0.05, 0.1) is 0 Å². The first kappa shape index (κ1) is 14.8. The number of carbonyl (C=O) groups excluding carboxylic acids is 1. The molecule has 2 atom stereocenters. The predicted molar refractivity (Wildman–Crippen MR) is 69.3 cm³/mol. The van der Waals surface area contributed by atoms with Gasteiger partial charge in [0.1, 0.15) is 0 Å². The normalized spacial score (nSPS) is 19.1. The second-order valence-electron chi connectivity index (χ2n) is 4.68. The van der Waals surface area contributed by atoms with Crippen LogP contribution in [0.25, 0.3) is 0 Å². The molecule has 0 saturated carbocycles. The van der Waals surface area contributed by atoms with Crippen molar-refractivity contribution in [2.45, 2.75) is 51.7 Å². The first-order valence-corrected chi connectivity index (χ1v) is 6.87. The van der Waals surface area contributed by atoms with Crippen LogP contribution in [-0.2, 0) is 4.79 Å². The van der Waals surface area contributed by atoms with Crippen molar-refractivity contribution in [1.82, 2.24) is 5.32 Å². The van der Waals surface area contributed by atoms with Gasteiger partial charge in [-0.25, -0.2) is 0 Å². The number of hydrogen-bond donors (Lipinski definition) is 1. The van der Waals surface area contributed by atoms with Gasteiger partial charge in [0, 0.05) is 17.2 Å². The van der Waals surface area contributed by atoms with Crippen molar-refractivity contribution in [3.63, 3.8) is 0 Å². The Bertz CT molecular complexity index is 214. The molecule has 1 amide bonds. The molecule has 0 aliphatic carbocycles. The van der Waals surface area contributed by atoms with Crippen LogP contribution >= 0.6 is 11.8 Å². The smallest absolute Gasteiger partial charge is 0.225 e. The number of thioether (sulfide) groups is 1. The van der Waals surface area contributed by atoms with E-state index in [0.717, 1.165) is 19.3 Å². The Kier molecular flexibility index (Phi) is 5.71. The minimum atomic E-state index is -0.234. The third kappa shape index (κ3) is 3.71. The van der Waals surface area contributed by atoms with Gasteiger partial charge < -0.3 is 5.32 Å². The molecule has 15 heavy (non-hydrogen) atoms. The Morgan fingerprint density at radius 3 is 2.07 bits per heavy atom. The van der Waals surface area contributed by atoms with Gasteiger partial charge in [-0.3, -0.25) is 4.79 Å². The highest BCUT2D eigenvalue weighted by Crippen LogP contribution is 2.40. The largest absolute Gasteiger partial charge is 0.359 e. The van der Waals surface area contributed by atoms with E-state index < -0.39 is 0 Å². The number of hydrogen-bond acceptors (Lipinski definition) is 2. The van der Waals surface area contributed by atoms with Crippen molar-refractivity contribution in [2.24, 2.45) is 5.41 Å². The highest BCUT2D eigenvalue weighted by molar-refractivity contribution is 7.99. The zero-order chi connectivity index (χ0) is 12.1. The zero-order valence-corrected chi connectivity index (χ0v) is 11.8. The molecule has 0 saturated heterocycles. The van der Waals surface area contributed by atoms with Crippen LogP contribution in [0, 0.1) is 5.41 Å². The second kappa shape index (κ2) is 5.78. The van der Waals surface area contributed by atoms with Crippen LogP contribution in [0.3, 0.4) is 0 Å². The highest BCUT2D eigenvalue weighted by atomic mass is 32.2. The Balaban J connectivity index is 4.76. The Morgan fingerprint density at radius 2 is 1.80 bits per heavy atom. The van der Waals surface area contributed by atoms with E-state index in [4.69, 9.17) is 0 Å². The summed E-state index contributed by atoms with van der Waals surface area (Å²) in [5.41, 5.74) is -0.234. The maximum atomic E-state index is 11.9. The minimum absolute atomic E-state index is 0.165. The summed E-state index contributed by atoms with van der Waals surface area (Å²) in [5, 5.41) is 2.78. The van der Waals surface area contributed by atoms with Gasteiger partial charge in [-0.05, 0) is 25.5 Å². The molecule has 0 rings (SSSR count). The van der Waals surface area contributed by atoms with Gasteiger partial charge in [-0.15, -0.1) is 0 Å². The molecule has 3 heteroatoms. The summed E-state index contributed by atoms with van der Waals surface area (Å²) < 4.78 is 0.206. The van der Waals surface area contributed by atoms with Gasteiger partial charge in [0.15, 0.2) is 0 Å². The standard InChI is InChI=1S/C12H25NOS/c1-7-11(3,10(14)13-5)9-12(4,8-2)15-6/h7-9H2,1-6H3,(H,13,14). The van der Waals surface area contributed by atoms with Gasteiger partial charge in [-0.1, -0.05) is 27.7 Å². The molecule has 0 fully saturated rings. The van der Waals surface area contributed by atoms with Gasteiger partial charge >= 0.3 is 0 Å². The average Bonchev–Trinajstić information content (AvgIpc) is 2.27. The molecule has 0 aromatic carbocycles. The number of rotatable bonds is 6. The number of nitrogens with one attached hydrogen (secondary N) is 1. The van der Waals surface area contributed by atoms with Crippen LogP contribution in [0.15, 0.2) is 0 Å². The molecule has 0 bridgehead atoms. The quantitative estimate of drug-likeness (QED) is 0.761. The highest BCUT2D eigenvalue weighted by Gasteiger charge is 2.37. The summed E-state index contributed by atoms with van der Waals surface area (Å²) in [6.45, 7) is 8.59. The van der Waals surface area contributed by atoms with Crippen LogP contribution in [0.5, 0.6) is 0 Å². The predicted octanol–water partition coefficient (Wildman–Crippen LogP) is 3.07. The Hall–Kier alpha value is -0.180. The third-order valence-corrected chi connectivity index (χ3v) is 4.98. The fourth-order valence-corrected chi connectivity index (χ4v) is 2.59. The van der Waals surface area contributed by atoms with Crippen LogP contribution in [-0.4, -0.2) is 24.0 Å². The van der Waals surface area contributed by atoms with E-state index in [1.165, 1.54) is 0 Å². The number of amides is 1. The van der Waals surface area contributed by atoms with E-state index in [-0.39, 0.29) is 16.1 Å². The molecule has 0 heterocycles. The lowest BCUT2D eigenvalue weighted by Crippen LogP contribution is -2.41. The zero-order valence-electron chi connectivity index (χ0n) is 10.9. The van der Waals surface area contributed by atoms with Crippen molar-refractivity contribution >= 4 is 17.7 Å². The molecule has 0 aromatic rings. The van der Waals surface area contributed by atoms with E-state index in [2.05, 4.69) is 39.3 Å². The first-order valence-electron chi connectivity index (χ1n) is 5.64. The van der Waals surface area contributed by atoms with Crippen LogP contribution in [0.2, 0.25) is 0 Å². The van der Waals surface area contributed by atoms with Crippen molar-refractivity contribution in [2.75, 3.05) is 13.3 Å². The van der Waals surface area contributed by atoms with Crippen molar-refractivity contribution in [3.05, 3.63) is 0 Å². The molecular weight excluding hydrogens is 206 g/mol. The maximum Gasteiger partial charge on any atom is 0.225 e. The van der Waals surface area contributed by atoms with E-state index in [1.807, 2.05) is 11.8 Å². The lowest BCUT2D eigenvalue weighted by Gasteiger charge is -2.36. The van der Waals surface area contributed by atoms with E-state index in [0.29, 0.717) is 0 Å². The lowest BCUT2D eigenvalue weighted by molar-refractivity contribution is -0.130. The summed E-state index contributed by atoms with van der Waals surface area (Å²) >= 11 is 1.86.